The first kappa shape index (κ1) is 13.6. The largest absolute Gasteiger partial charge is 0.399 e. The number of alkyl halides is 3. The molecule has 14 heavy (non-hydrogen) atoms. The predicted octanol–water partition coefficient (Wildman–Crippen LogP) is 2.63. The van der Waals surface area contributed by atoms with Crippen LogP contribution in [0.4, 0.5) is 13.2 Å². The quantitative estimate of drug-likeness (QED) is 0.576. The third kappa shape index (κ3) is 5.36. The molecule has 0 spiro atoms. The molecule has 84 valence electrons. The highest BCUT2D eigenvalue weighted by molar-refractivity contribution is 8.00. The number of nitrogens with two attached hydrogens (primary N) is 1. The number of nitrogens with one attached hydrogen (secondary N) is 1. The second-order valence-electron chi connectivity index (χ2n) is 3.97. The molecule has 0 saturated carbocycles. The van der Waals surface area contributed by atoms with E-state index in [0.29, 0.717) is 0 Å². The molecule has 0 radical (unpaired) electrons. The van der Waals surface area contributed by atoms with Gasteiger partial charge in [0.1, 0.15) is 11.8 Å². The van der Waals surface area contributed by atoms with Crippen LogP contribution in [0.15, 0.2) is 0 Å². The number of rotatable bonds is 3. The summed E-state index contributed by atoms with van der Waals surface area (Å²) < 4.78 is 36.7. The van der Waals surface area contributed by atoms with Crippen LogP contribution in [-0.4, -0.2) is 22.5 Å². The Hall–Kier alpha value is -0.390. The second-order valence-corrected chi connectivity index (χ2v) is 5.82. The van der Waals surface area contributed by atoms with Gasteiger partial charge in [-0.2, -0.15) is 24.9 Å². The summed E-state index contributed by atoms with van der Waals surface area (Å²) in [6.45, 7) is 5.47. The van der Waals surface area contributed by atoms with E-state index in [0.717, 1.165) is 11.8 Å². The lowest BCUT2D eigenvalue weighted by Gasteiger charge is -2.23. The lowest BCUT2D eigenvalue weighted by Crippen LogP contribution is -2.37. The Bertz CT molecular complexity index is 208. The third-order valence-electron chi connectivity index (χ3n) is 1.45. The molecule has 0 aliphatic rings. The Morgan fingerprint density at radius 3 is 2.00 bits per heavy atom. The monoisotopic (exact) mass is 228 g/mol. The average Bonchev–Trinajstić information content (AvgIpc) is 1.79. The number of hydrogen-bond acceptors (Lipinski definition) is 2. The van der Waals surface area contributed by atoms with Crippen LogP contribution in [0, 0.1) is 11.3 Å². The molecule has 0 bridgehead atoms. The first-order chi connectivity index (χ1) is 6.04. The van der Waals surface area contributed by atoms with Gasteiger partial charge in [-0.25, -0.2) is 0 Å². The average molecular weight is 228 g/mol. The van der Waals surface area contributed by atoms with Gasteiger partial charge in [0.05, 0.1) is 0 Å². The number of hydrogen-bond donors (Lipinski definition) is 2. The Balaban J connectivity index is 4.35. The van der Waals surface area contributed by atoms with Gasteiger partial charge < -0.3 is 5.73 Å². The maximum atomic E-state index is 12.3. The fraction of sp³-hybridized carbons (Fsp3) is 0.875. The topological polar surface area (TPSA) is 49.9 Å². The zero-order valence-corrected chi connectivity index (χ0v) is 9.22. The molecule has 0 fully saturated rings. The molecular formula is C8H15F3N2S. The van der Waals surface area contributed by atoms with E-state index in [4.69, 9.17) is 11.1 Å². The highest BCUT2D eigenvalue weighted by Crippen LogP contribution is 2.33. The van der Waals surface area contributed by atoms with Gasteiger partial charge in [0.15, 0.2) is 0 Å². The van der Waals surface area contributed by atoms with Gasteiger partial charge in [0, 0.05) is 10.5 Å². The lowest BCUT2D eigenvalue weighted by molar-refractivity contribution is -0.150. The van der Waals surface area contributed by atoms with E-state index in [2.05, 4.69) is 0 Å². The van der Waals surface area contributed by atoms with Crippen LogP contribution >= 0.6 is 11.8 Å². The summed E-state index contributed by atoms with van der Waals surface area (Å²) in [5.74, 6) is -2.83. The summed E-state index contributed by atoms with van der Waals surface area (Å²) in [5, 5.41) is 6.86. The van der Waals surface area contributed by atoms with Crippen LogP contribution in [-0.2, 0) is 0 Å². The summed E-state index contributed by atoms with van der Waals surface area (Å²) in [6.07, 6.45) is -4.41. The molecule has 1 unspecified atom stereocenters. The highest BCUT2D eigenvalue weighted by atomic mass is 32.2. The molecule has 0 heterocycles. The van der Waals surface area contributed by atoms with Crippen LogP contribution < -0.4 is 5.73 Å². The van der Waals surface area contributed by atoms with Crippen molar-refractivity contribution in [1.29, 1.82) is 5.41 Å². The molecule has 3 N–H and O–H groups in total. The SMILES string of the molecule is CC(C)(C)SCC(C(=N)N)C(F)(F)F. The first-order valence-electron chi connectivity index (χ1n) is 4.08. The standard InChI is InChI=1S/C8H15F3N2S/c1-7(2,3)14-4-5(6(12)13)8(9,10)11/h5H,4H2,1-3H3,(H3,12,13). The van der Waals surface area contributed by atoms with E-state index >= 15 is 0 Å². The van der Waals surface area contributed by atoms with Gasteiger partial charge in [-0.15, -0.1) is 0 Å². The van der Waals surface area contributed by atoms with Gasteiger partial charge in [-0.3, -0.25) is 5.41 Å². The first-order valence-corrected chi connectivity index (χ1v) is 5.07. The van der Waals surface area contributed by atoms with Crippen LogP contribution in [0.5, 0.6) is 0 Å². The normalized spacial score (nSPS) is 15.3. The summed E-state index contributed by atoms with van der Waals surface area (Å²) in [7, 11) is 0. The molecule has 0 aliphatic carbocycles. The molecule has 6 heteroatoms. The predicted molar refractivity (Wildman–Crippen MR) is 53.7 cm³/mol. The minimum Gasteiger partial charge on any atom is -0.387 e. The number of thioether (sulfide) groups is 1. The summed E-state index contributed by atoms with van der Waals surface area (Å²) >= 11 is 1.16. The van der Waals surface area contributed by atoms with E-state index in [-0.39, 0.29) is 10.5 Å². The van der Waals surface area contributed by atoms with Crippen LogP contribution in [0.25, 0.3) is 0 Å². The van der Waals surface area contributed by atoms with Crippen molar-refractivity contribution in [2.45, 2.75) is 31.7 Å². The van der Waals surface area contributed by atoms with Crippen molar-refractivity contribution in [1.82, 2.24) is 0 Å². The molecule has 0 saturated heterocycles. The van der Waals surface area contributed by atoms with Crippen molar-refractivity contribution in [3.05, 3.63) is 0 Å². The minimum absolute atomic E-state index is 0.192. The van der Waals surface area contributed by atoms with E-state index in [1.54, 1.807) is 0 Å². The van der Waals surface area contributed by atoms with Gasteiger partial charge in [-0.1, -0.05) is 20.8 Å². The minimum atomic E-state index is -4.41. The maximum Gasteiger partial charge on any atom is 0.399 e. The lowest BCUT2D eigenvalue weighted by atomic mass is 10.1. The Morgan fingerprint density at radius 1 is 1.36 bits per heavy atom. The van der Waals surface area contributed by atoms with Crippen molar-refractivity contribution in [2.24, 2.45) is 11.7 Å². The third-order valence-corrected chi connectivity index (χ3v) is 2.82. The summed E-state index contributed by atoms with van der Waals surface area (Å²) in [4.78, 5) is 0. The van der Waals surface area contributed by atoms with E-state index in [1.165, 1.54) is 0 Å². The van der Waals surface area contributed by atoms with Crippen molar-refractivity contribution in [3.63, 3.8) is 0 Å². The molecule has 0 aliphatic heterocycles. The Morgan fingerprint density at radius 2 is 1.79 bits per heavy atom. The van der Waals surface area contributed by atoms with Gasteiger partial charge >= 0.3 is 6.18 Å². The van der Waals surface area contributed by atoms with Gasteiger partial charge in [0.2, 0.25) is 0 Å². The van der Waals surface area contributed by atoms with E-state index < -0.39 is 17.9 Å². The molecular weight excluding hydrogens is 213 g/mol. The Labute approximate surface area is 85.9 Å². The van der Waals surface area contributed by atoms with Crippen LogP contribution in [0.3, 0.4) is 0 Å². The molecule has 0 aromatic carbocycles. The van der Waals surface area contributed by atoms with Gasteiger partial charge in [0.25, 0.3) is 0 Å². The van der Waals surface area contributed by atoms with Crippen LogP contribution in [0.1, 0.15) is 20.8 Å². The number of amidine groups is 1. The van der Waals surface area contributed by atoms with Crippen molar-refractivity contribution < 1.29 is 13.2 Å². The maximum absolute atomic E-state index is 12.3. The zero-order chi connectivity index (χ0) is 11.6. The highest BCUT2D eigenvalue weighted by Gasteiger charge is 2.42. The van der Waals surface area contributed by atoms with Crippen molar-refractivity contribution in [2.75, 3.05) is 5.75 Å². The van der Waals surface area contributed by atoms with E-state index in [1.807, 2.05) is 20.8 Å². The fourth-order valence-corrected chi connectivity index (χ4v) is 1.73. The zero-order valence-electron chi connectivity index (χ0n) is 8.40. The molecule has 0 aromatic heterocycles. The number of halogens is 3. The van der Waals surface area contributed by atoms with Crippen LogP contribution in [0.2, 0.25) is 0 Å². The molecule has 2 nitrogen and oxygen atoms in total. The second kappa shape index (κ2) is 4.42. The van der Waals surface area contributed by atoms with Crippen molar-refractivity contribution >= 4 is 17.6 Å². The van der Waals surface area contributed by atoms with Crippen molar-refractivity contribution in [3.8, 4) is 0 Å². The smallest absolute Gasteiger partial charge is 0.387 e. The molecule has 0 rings (SSSR count). The summed E-state index contributed by atoms with van der Waals surface area (Å²) in [6, 6.07) is 0. The van der Waals surface area contributed by atoms with Gasteiger partial charge in [-0.05, 0) is 0 Å². The van der Waals surface area contributed by atoms with E-state index in [9.17, 15) is 13.2 Å². The Kier molecular flexibility index (Phi) is 4.30. The fourth-order valence-electron chi connectivity index (χ4n) is 0.694. The molecule has 0 amide bonds. The summed E-state index contributed by atoms with van der Waals surface area (Å²) in [5.41, 5.74) is 4.90. The molecule has 1 atom stereocenters. The molecule has 0 aromatic rings.